The Labute approximate surface area is 167 Å². The minimum atomic E-state index is -0.453. The van der Waals surface area contributed by atoms with E-state index in [1.807, 2.05) is 20.8 Å². The molecular weight excluding hydrogens is 372 g/mol. The zero-order valence-corrected chi connectivity index (χ0v) is 16.5. The number of non-ortho nitro benzene ring substituents is 1. The van der Waals surface area contributed by atoms with Crippen molar-refractivity contribution in [3.63, 3.8) is 0 Å². The third-order valence-electron chi connectivity index (χ3n) is 4.58. The number of aromatic amines is 1. The molecule has 1 aromatic carbocycles. The molecule has 2 heterocycles. The van der Waals surface area contributed by atoms with Gasteiger partial charge in [0.1, 0.15) is 5.82 Å². The molecule has 0 atom stereocenters. The maximum absolute atomic E-state index is 12.3. The molecule has 9 heteroatoms. The van der Waals surface area contributed by atoms with Gasteiger partial charge in [-0.25, -0.2) is 15.1 Å². The Hall–Kier alpha value is -3.62. The Morgan fingerprint density at radius 2 is 1.93 bits per heavy atom. The van der Waals surface area contributed by atoms with E-state index in [4.69, 9.17) is 0 Å². The molecule has 9 nitrogen and oxygen atoms in total. The largest absolute Gasteiger partial charge is 0.366 e. The maximum atomic E-state index is 12.3. The number of benzene rings is 1. The quantitative estimate of drug-likeness (QED) is 0.465. The minimum Gasteiger partial charge on any atom is -0.366 e. The lowest BCUT2D eigenvalue weighted by atomic mass is 10.0. The van der Waals surface area contributed by atoms with E-state index >= 15 is 0 Å². The Morgan fingerprint density at radius 3 is 2.62 bits per heavy atom. The number of aromatic nitrogens is 4. The third kappa shape index (κ3) is 4.45. The van der Waals surface area contributed by atoms with Gasteiger partial charge >= 0.3 is 0 Å². The SMILES string of the molecule is CCc1n[nH]c(=O)c(CNc2cc(C)nc(-c3cccc([N+](=O)[O-])c3)n2)c1CC. The van der Waals surface area contributed by atoms with E-state index in [0.717, 1.165) is 17.7 Å². The second-order valence-corrected chi connectivity index (χ2v) is 6.54. The van der Waals surface area contributed by atoms with Gasteiger partial charge < -0.3 is 5.32 Å². The van der Waals surface area contributed by atoms with Gasteiger partial charge in [0.15, 0.2) is 5.82 Å². The van der Waals surface area contributed by atoms with Gasteiger partial charge in [0.25, 0.3) is 11.2 Å². The molecule has 0 aliphatic carbocycles. The minimum absolute atomic E-state index is 0.0230. The predicted octanol–water partition coefficient (Wildman–Crippen LogP) is 3.18. The van der Waals surface area contributed by atoms with Crippen LogP contribution < -0.4 is 10.9 Å². The van der Waals surface area contributed by atoms with Gasteiger partial charge in [-0.05, 0) is 25.3 Å². The number of nitro groups is 1. The third-order valence-corrected chi connectivity index (χ3v) is 4.58. The highest BCUT2D eigenvalue weighted by molar-refractivity contribution is 5.61. The van der Waals surface area contributed by atoms with Crippen LogP contribution >= 0.6 is 0 Å². The number of H-pyrrole nitrogens is 1. The van der Waals surface area contributed by atoms with Crippen molar-refractivity contribution in [2.75, 3.05) is 5.32 Å². The summed E-state index contributed by atoms with van der Waals surface area (Å²) in [5, 5.41) is 20.9. The zero-order chi connectivity index (χ0) is 21.0. The summed E-state index contributed by atoms with van der Waals surface area (Å²) in [7, 11) is 0. The number of nitrogens with one attached hydrogen (secondary N) is 2. The molecule has 0 saturated carbocycles. The molecule has 29 heavy (non-hydrogen) atoms. The molecule has 0 saturated heterocycles. The molecule has 150 valence electrons. The number of aryl methyl sites for hydroxylation is 2. The van der Waals surface area contributed by atoms with E-state index < -0.39 is 4.92 Å². The maximum Gasteiger partial charge on any atom is 0.270 e. The second-order valence-electron chi connectivity index (χ2n) is 6.54. The van der Waals surface area contributed by atoms with Crippen LogP contribution in [0.2, 0.25) is 0 Å². The van der Waals surface area contributed by atoms with Crippen LogP contribution in [0.25, 0.3) is 11.4 Å². The first kappa shape index (κ1) is 20.1. The highest BCUT2D eigenvalue weighted by Gasteiger charge is 2.13. The smallest absolute Gasteiger partial charge is 0.270 e. The lowest BCUT2D eigenvalue weighted by Gasteiger charge is -2.12. The van der Waals surface area contributed by atoms with Crippen molar-refractivity contribution >= 4 is 11.5 Å². The second kappa shape index (κ2) is 8.59. The summed E-state index contributed by atoms with van der Waals surface area (Å²) in [5.74, 6) is 0.917. The van der Waals surface area contributed by atoms with E-state index in [0.29, 0.717) is 41.4 Å². The van der Waals surface area contributed by atoms with Crippen molar-refractivity contribution < 1.29 is 4.92 Å². The highest BCUT2D eigenvalue weighted by Crippen LogP contribution is 2.23. The van der Waals surface area contributed by atoms with Gasteiger partial charge in [-0.3, -0.25) is 14.9 Å². The summed E-state index contributed by atoms with van der Waals surface area (Å²) >= 11 is 0. The van der Waals surface area contributed by atoms with E-state index in [1.54, 1.807) is 18.2 Å². The number of anilines is 1. The first-order chi connectivity index (χ1) is 13.9. The van der Waals surface area contributed by atoms with Gasteiger partial charge in [0, 0.05) is 41.6 Å². The first-order valence-corrected chi connectivity index (χ1v) is 9.36. The normalized spacial score (nSPS) is 10.7. The summed E-state index contributed by atoms with van der Waals surface area (Å²) in [6.45, 7) is 6.10. The van der Waals surface area contributed by atoms with Crippen molar-refractivity contribution in [2.24, 2.45) is 0 Å². The molecule has 2 N–H and O–H groups in total. The van der Waals surface area contributed by atoms with E-state index in [1.165, 1.54) is 12.1 Å². The van der Waals surface area contributed by atoms with E-state index in [-0.39, 0.29) is 11.2 Å². The number of rotatable bonds is 7. The average molecular weight is 394 g/mol. The molecule has 0 bridgehead atoms. The lowest BCUT2D eigenvalue weighted by Crippen LogP contribution is -2.22. The number of hydrogen-bond acceptors (Lipinski definition) is 7. The van der Waals surface area contributed by atoms with E-state index in [2.05, 4.69) is 25.5 Å². The van der Waals surface area contributed by atoms with Gasteiger partial charge in [-0.2, -0.15) is 5.10 Å². The van der Waals surface area contributed by atoms with Crippen molar-refractivity contribution in [3.05, 3.63) is 73.3 Å². The summed E-state index contributed by atoms with van der Waals surface area (Å²) in [5.41, 5.74) is 3.45. The van der Waals surface area contributed by atoms with Crippen LogP contribution in [0.5, 0.6) is 0 Å². The topological polar surface area (TPSA) is 127 Å². The Kier molecular flexibility index (Phi) is 5.96. The fraction of sp³-hybridized carbons (Fsp3) is 0.300. The number of nitro benzene ring substituents is 1. The van der Waals surface area contributed by atoms with E-state index in [9.17, 15) is 14.9 Å². The summed E-state index contributed by atoms with van der Waals surface area (Å²) in [4.78, 5) is 31.7. The molecule has 0 amide bonds. The summed E-state index contributed by atoms with van der Waals surface area (Å²) in [6.07, 6.45) is 1.44. The van der Waals surface area contributed by atoms with Crippen LogP contribution in [0.4, 0.5) is 11.5 Å². The molecule has 3 aromatic rings. The van der Waals surface area contributed by atoms with Gasteiger partial charge in [0.2, 0.25) is 0 Å². The molecular formula is C20H22N6O3. The van der Waals surface area contributed by atoms with Crippen molar-refractivity contribution in [2.45, 2.75) is 40.2 Å². The van der Waals surface area contributed by atoms with Crippen molar-refractivity contribution in [1.82, 2.24) is 20.2 Å². The Balaban J connectivity index is 1.92. The van der Waals surface area contributed by atoms with Gasteiger partial charge in [-0.1, -0.05) is 26.0 Å². The number of hydrogen-bond donors (Lipinski definition) is 2. The van der Waals surface area contributed by atoms with Gasteiger partial charge in [-0.15, -0.1) is 0 Å². The lowest BCUT2D eigenvalue weighted by molar-refractivity contribution is -0.384. The van der Waals surface area contributed by atoms with Crippen molar-refractivity contribution in [3.8, 4) is 11.4 Å². The van der Waals surface area contributed by atoms with Gasteiger partial charge in [0.05, 0.1) is 10.6 Å². The first-order valence-electron chi connectivity index (χ1n) is 9.36. The van der Waals surface area contributed by atoms with Crippen LogP contribution in [0.15, 0.2) is 35.1 Å². The number of nitrogens with zero attached hydrogens (tertiary/aromatic N) is 4. The molecule has 2 aromatic heterocycles. The fourth-order valence-corrected chi connectivity index (χ4v) is 3.19. The zero-order valence-electron chi connectivity index (χ0n) is 16.5. The predicted molar refractivity (Wildman–Crippen MR) is 110 cm³/mol. The highest BCUT2D eigenvalue weighted by atomic mass is 16.6. The van der Waals surface area contributed by atoms with Crippen LogP contribution in [0.1, 0.15) is 36.4 Å². The summed E-state index contributed by atoms with van der Waals surface area (Å²) < 4.78 is 0. The molecule has 3 rings (SSSR count). The van der Waals surface area contributed by atoms with Crippen LogP contribution in [-0.4, -0.2) is 25.1 Å². The van der Waals surface area contributed by atoms with Crippen LogP contribution in [-0.2, 0) is 19.4 Å². The van der Waals surface area contributed by atoms with Crippen LogP contribution in [0.3, 0.4) is 0 Å². The fourth-order valence-electron chi connectivity index (χ4n) is 3.19. The average Bonchev–Trinajstić information content (AvgIpc) is 2.72. The summed E-state index contributed by atoms with van der Waals surface area (Å²) in [6, 6.07) is 7.95. The molecule has 0 radical (unpaired) electrons. The molecule has 0 aliphatic rings. The standard InChI is InChI=1S/C20H22N6O3/c1-4-15-16(20(27)25-24-17(15)5-2)11-21-18-9-12(3)22-19(23-18)13-7-6-8-14(10-13)26(28)29/h6-10H,4-5,11H2,1-3H3,(H,25,27)(H,21,22,23). The molecule has 0 aliphatic heterocycles. The van der Waals surface area contributed by atoms with Crippen molar-refractivity contribution in [1.29, 1.82) is 0 Å². The van der Waals surface area contributed by atoms with Crippen LogP contribution in [0, 0.1) is 17.0 Å². The Bertz CT molecular complexity index is 1110. The monoisotopic (exact) mass is 394 g/mol. The Morgan fingerprint density at radius 1 is 1.14 bits per heavy atom. The molecule has 0 fully saturated rings. The molecule has 0 spiro atoms. The molecule has 0 unspecified atom stereocenters.